The lowest BCUT2D eigenvalue weighted by molar-refractivity contribution is 0.0520. The number of anilines is 1. The van der Waals surface area contributed by atoms with E-state index in [1.54, 1.807) is 19.9 Å². The Balaban J connectivity index is 0.00000137. The Bertz CT molecular complexity index is 392. The van der Waals surface area contributed by atoms with Gasteiger partial charge in [-0.1, -0.05) is 13.8 Å². The minimum atomic E-state index is -0.523. The molecule has 0 aromatic carbocycles. The Kier molecular flexibility index (Phi) is 7.51. The molecule has 1 aromatic heterocycles. The Morgan fingerprint density at radius 2 is 1.94 bits per heavy atom. The smallest absolute Gasteiger partial charge is 0.359 e. The van der Waals surface area contributed by atoms with Crippen LogP contribution in [0.5, 0.6) is 5.75 Å². The second-order valence-electron chi connectivity index (χ2n) is 3.18. The van der Waals surface area contributed by atoms with Crippen molar-refractivity contribution < 1.29 is 14.3 Å². The van der Waals surface area contributed by atoms with Crippen LogP contribution in [0.25, 0.3) is 0 Å². The quantitative estimate of drug-likeness (QED) is 0.836. The van der Waals surface area contributed by atoms with Gasteiger partial charge in [-0.05, 0) is 20.8 Å². The van der Waals surface area contributed by atoms with Gasteiger partial charge in [-0.2, -0.15) is 0 Å². The molecule has 0 atom stereocenters. The van der Waals surface area contributed by atoms with Crippen LogP contribution in [0.1, 0.15) is 43.9 Å². The van der Waals surface area contributed by atoms with Crippen molar-refractivity contribution in [3.8, 4) is 5.75 Å². The van der Waals surface area contributed by atoms with Gasteiger partial charge in [0.15, 0.2) is 5.69 Å². The average molecular weight is 254 g/mol. The molecule has 0 amide bonds. The summed E-state index contributed by atoms with van der Waals surface area (Å²) in [5.41, 5.74) is 6.79. The zero-order valence-electron chi connectivity index (χ0n) is 11.7. The molecule has 0 unspecified atom stereocenters. The number of hydrogen-bond donors (Lipinski definition) is 1. The van der Waals surface area contributed by atoms with Crippen LogP contribution >= 0.6 is 0 Å². The van der Waals surface area contributed by atoms with E-state index in [0.717, 1.165) is 0 Å². The molecular weight excluding hydrogens is 232 g/mol. The van der Waals surface area contributed by atoms with Crippen molar-refractivity contribution >= 4 is 11.7 Å². The minimum absolute atomic E-state index is 0.116. The van der Waals surface area contributed by atoms with Crippen molar-refractivity contribution in [1.82, 2.24) is 4.98 Å². The lowest BCUT2D eigenvalue weighted by Gasteiger charge is -2.11. The standard InChI is InChI=1S/C11H16N2O3.C2H6/c1-4-15-8-6-7(3)13-10(9(8)12)11(14)16-5-2;1-2/h6H,4-5,12H2,1-3H3;1-2H3. The maximum absolute atomic E-state index is 11.6. The number of carbonyl (C=O) groups excluding carboxylic acids is 1. The van der Waals surface area contributed by atoms with Gasteiger partial charge in [0, 0.05) is 11.8 Å². The Morgan fingerprint density at radius 1 is 1.33 bits per heavy atom. The van der Waals surface area contributed by atoms with Gasteiger partial charge in [-0.15, -0.1) is 0 Å². The highest BCUT2D eigenvalue weighted by atomic mass is 16.5. The largest absolute Gasteiger partial charge is 0.492 e. The third kappa shape index (κ3) is 4.24. The number of nitrogen functional groups attached to an aromatic ring is 1. The van der Waals surface area contributed by atoms with Crippen LogP contribution in [0.15, 0.2) is 6.07 Å². The van der Waals surface area contributed by atoms with Gasteiger partial charge in [0.2, 0.25) is 0 Å². The molecular formula is C13H22N2O3. The number of pyridine rings is 1. The fourth-order valence-electron chi connectivity index (χ4n) is 1.28. The topological polar surface area (TPSA) is 74.4 Å². The predicted octanol–water partition coefficient (Wildman–Crippen LogP) is 2.57. The summed E-state index contributed by atoms with van der Waals surface area (Å²) in [5.74, 6) is -0.0530. The molecule has 1 heterocycles. The first kappa shape index (κ1) is 16.2. The van der Waals surface area contributed by atoms with Crippen molar-refractivity contribution in [2.24, 2.45) is 0 Å². The first-order valence-electron chi connectivity index (χ1n) is 6.17. The van der Waals surface area contributed by atoms with Crippen molar-refractivity contribution in [1.29, 1.82) is 0 Å². The van der Waals surface area contributed by atoms with Crippen LogP contribution in [0.2, 0.25) is 0 Å². The summed E-state index contributed by atoms with van der Waals surface area (Å²) in [6.07, 6.45) is 0. The van der Waals surface area contributed by atoms with Crippen LogP contribution in [0.4, 0.5) is 5.69 Å². The molecule has 0 saturated carbocycles. The van der Waals surface area contributed by atoms with E-state index in [-0.39, 0.29) is 18.0 Å². The zero-order valence-corrected chi connectivity index (χ0v) is 11.7. The van der Waals surface area contributed by atoms with Crippen LogP contribution in [0.3, 0.4) is 0 Å². The van der Waals surface area contributed by atoms with E-state index < -0.39 is 5.97 Å². The van der Waals surface area contributed by atoms with Gasteiger partial charge in [0.1, 0.15) is 11.4 Å². The van der Waals surface area contributed by atoms with Gasteiger partial charge >= 0.3 is 5.97 Å². The Morgan fingerprint density at radius 3 is 2.44 bits per heavy atom. The van der Waals surface area contributed by atoms with E-state index in [9.17, 15) is 4.79 Å². The van der Waals surface area contributed by atoms with Crippen molar-refractivity contribution in [2.75, 3.05) is 18.9 Å². The number of aromatic nitrogens is 1. The summed E-state index contributed by atoms with van der Waals surface area (Å²) in [4.78, 5) is 15.6. The Labute approximate surface area is 108 Å². The first-order valence-corrected chi connectivity index (χ1v) is 6.17. The zero-order chi connectivity index (χ0) is 14.1. The number of carbonyl (C=O) groups is 1. The molecule has 2 N–H and O–H groups in total. The molecule has 5 nitrogen and oxygen atoms in total. The maximum atomic E-state index is 11.6. The van der Waals surface area contributed by atoms with Crippen LogP contribution in [0, 0.1) is 6.92 Å². The van der Waals surface area contributed by atoms with Crippen molar-refractivity contribution in [3.05, 3.63) is 17.5 Å². The lowest BCUT2D eigenvalue weighted by atomic mass is 10.2. The van der Waals surface area contributed by atoms with E-state index in [4.69, 9.17) is 15.2 Å². The fraction of sp³-hybridized carbons (Fsp3) is 0.538. The highest BCUT2D eigenvalue weighted by Gasteiger charge is 2.17. The number of nitrogens with zero attached hydrogens (tertiary/aromatic N) is 1. The molecule has 1 rings (SSSR count). The normalized spacial score (nSPS) is 9.17. The third-order valence-corrected chi connectivity index (χ3v) is 1.92. The van der Waals surface area contributed by atoms with Gasteiger partial charge in [-0.3, -0.25) is 0 Å². The summed E-state index contributed by atoms with van der Waals surface area (Å²) in [6.45, 7) is 10.1. The molecule has 0 spiro atoms. The van der Waals surface area contributed by atoms with E-state index in [1.165, 1.54) is 0 Å². The number of ether oxygens (including phenoxy) is 2. The summed E-state index contributed by atoms with van der Waals surface area (Å²) in [7, 11) is 0. The molecule has 0 saturated heterocycles. The summed E-state index contributed by atoms with van der Waals surface area (Å²) in [6, 6.07) is 1.70. The lowest BCUT2D eigenvalue weighted by Crippen LogP contribution is -2.12. The summed E-state index contributed by atoms with van der Waals surface area (Å²) < 4.78 is 10.2. The molecule has 0 aliphatic heterocycles. The molecule has 5 heteroatoms. The third-order valence-electron chi connectivity index (χ3n) is 1.92. The number of nitrogens with two attached hydrogens (primary N) is 1. The second-order valence-corrected chi connectivity index (χ2v) is 3.18. The van der Waals surface area contributed by atoms with E-state index >= 15 is 0 Å². The number of aryl methyl sites for hydroxylation is 1. The van der Waals surface area contributed by atoms with Crippen LogP contribution < -0.4 is 10.5 Å². The monoisotopic (exact) mass is 254 g/mol. The SMILES string of the molecule is CC.CCOC(=O)c1nc(C)cc(OCC)c1N. The molecule has 1 aromatic rings. The van der Waals surface area contributed by atoms with Gasteiger partial charge < -0.3 is 15.2 Å². The molecule has 0 fully saturated rings. The van der Waals surface area contributed by atoms with E-state index in [0.29, 0.717) is 18.1 Å². The van der Waals surface area contributed by atoms with E-state index in [2.05, 4.69) is 4.98 Å². The fourth-order valence-corrected chi connectivity index (χ4v) is 1.28. The first-order chi connectivity index (χ1) is 8.60. The molecule has 18 heavy (non-hydrogen) atoms. The molecule has 0 aliphatic rings. The minimum Gasteiger partial charge on any atom is -0.492 e. The van der Waals surface area contributed by atoms with Crippen LogP contribution in [-0.4, -0.2) is 24.2 Å². The molecule has 0 bridgehead atoms. The summed E-state index contributed by atoms with van der Waals surface area (Å²) in [5, 5.41) is 0. The number of esters is 1. The van der Waals surface area contributed by atoms with Gasteiger partial charge in [0.25, 0.3) is 0 Å². The van der Waals surface area contributed by atoms with E-state index in [1.807, 2.05) is 20.8 Å². The predicted molar refractivity (Wildman–Crippen MR) is 71.9 cm³/mol. The average Bonchev–Trinajstić information content (AvgIpc) is 2.36. The van der Waals surface area contributed by atoms with Crippen molar-refractivity contribution in [3.63, 3.8) is 0 Å². The highest BCUT2D eigenvalue weighted by molar-refractivity contribution is 5.94. The van der Waals surface area contributed by atoms with Gasteiger partial charge in [-0.25, -0.2) is 9.78 Å². The molecule has 0 aliphatic carbocycles. The van der Waals surface area contributed by atoms with Crippen LogP contribution in [-0.2, 0) is 4.74 Å². The summed E-state index contributed by atoms with van der Waals surface area (Å²) >= 11 is 0. The van der Waals surface area contributed by atoms with Crippen molar-refractivity contribution in [2.45, 2.75) is 34.6 Å². The molecule has 0 radical (unpaired) electrons. The Hall–Kier alpha value is -1.78. The highest BCUT2D eigenvalue weighted by Crippen LogP contribution is 2.25. The number of rotatable bonds is 4. The molecule has 102 valence electrons. The second kappa shape index (κ2) is 8.33. The maximum Gasteiger partial charge on any atom is 0.359 e. The van der Waals surface area contributed by atoms with Gasteiger partial charge in [0.05, 0.1) is 13.2 Å². The number of hydrogen-bond acceptors (Lipinski definition) is 5.